The molecule has 1 aromatic heterocycles. The van der Waals surface area contributed by atoms with E-state index in [1.54, 1.807) is 78.3 Å². The number of hydroxylamine groups is 1. The highest BCUT2D eigenvalue weighted by atomic mass is 32.1. The van der Waals surface area contributed by atoms with Crippen LogP contribution in [0.3, 0.4) is 0 Å². The first kappa shape index (κ1) is 24.6. The summed E-state index contributed by atoms with van der Waals surface area (Å²) in [6.45, 7) is -0.703. The van der Waals surface area contributed by atoms with E-state index >= 15 is 0 Å². The van der Waals surface area contributed by atoms with Gasteiger partial charge in [0.05, 0.1) is 4.88 Å². The van der Waals surface area contributed by atoms with E-state index in [0.717, 1.165) is 20.9 Å². The quantitative estimate of drug-likeness (QED) is 0.216. The van der Waals surface area contributed by atoms with Crippen molar-refractivity contribution in [1.29, 1.82) is 0 Å². The van der Waals surface area contributed by atoms with Gasteiger partial charge in [-0.2, -0.15) is 0 Å². The van der Waals surface area contributed by atoms with Crippen molar-refractivity contribution in [2.75, 3.05) is 23.7 Å². The largest absolute Gasteiger partial charge is 0.325 e. The van der Waals surface area contributed by atoms with Gasteiger partial charge in [-0.1, -0.05) is 36.4 Å². The van der Waals surface area contributed by atoms with Gasteiger partial charge in [-0.25, -0.2) is 5.48 Å². The molecule has 0 bridgehead atoms. The van der Waals surface area contributed by atoms with Crippen LogP contribution < -0.4 is 16.1 Å². The Labute approximate surface area is 210 Å². The Kier molecular flexibility index (Phi) is 7.69. The number of hydrogen-bond donors (Lipinski definition) is 4. The number of nitrogens with one attached hydrogen (secondary N) is 3. The lowest BCUT2D eigenvalue weighted by atomic mass is 10.1. The Morgan fingerprint density at radius 3 is 1.83 bits per heavy atom. The summed E-state index contributed by atoms with van der Waals surface area (Å²) in [4.78, 5) is 52.0. The van der Waals surface area contributed by atoms with Gasteiger partial charge in [-0.05, 0) is 53.9 Å². The van der Waals surface area contributed by atoms with Gasteiger partial charge in [-0.3, -0.25) is 24.4 Å². The second kappa shape index (κ2) is 11.3. The second-order valence-electron chi connectivity index (χ2n) is 7.79. The van der Waals surface area contributed by atoms with Crippen LogP contribution in [0.1, 0.15) is 20.0 Å². The standard InChI is InChI=1S/C26H22N4O5S/c31-23(27-19-7-3-1-4-8-19)15-30(16-24(32)28-20-9-5-2-6-10-20)26(34)17-11-12-21-18(13-17)14-22(36-21)25(33)29-35/h1-14,35H,15-16H2,(H,27,31)(H,28,32)(H,29,33). The number of hydrogen-bond acceptors (Lipinski definition) is 6. The smallest absolute Gasteiger partial charge is 0.284 e. The first-order valence-electron chi connectivity index (χ1n) is 10.9. The number of carbonyl (C=O) groups is 4. The van der Waals surface area contributed by atoms with E-state index in [2.05, 4.69) is 10.6 Å². The summed E-state index contributed by atoms with van der Waals surface area (Å²) in [5, 5.41) is 14.9. The van der Waals surface area contributed by atoms with Gasteiger partial charge in [0.1, 0.15) is 13.1 Å². The number of fused-ring (bicyclic) bond motifs is 1. The van der Waals surface area contributed by atoms with Crippen molar-refractivity contribution in [3.63, 3.8) is 0 Å². The van der Waals surface area contributed by atoms with E-state index < -0.39 is 23.6 Å². The minimum Gasteiger partial charge on any atom is -0.325 e. The number of amides is 4. The summed E-state index contributed by atoms with van der Waals surface area (Å²) in [6.07, 6.45) is 0. The van der Waals surface area contributed by atoms with E-state index in [9.17, 15) is 19.2 Å². The number of carbonyl (C=O) groups excluding carboxylic acids is 4. The average molecular weight is 503 g/mol. The maximum atomic E-state index is 13.4. The molecule has 0 fully saturated rings. The van der Waals surface area contributed by atoms with Crippen LogP contribution in [-0.4, -0.2) is 46.8 Å². The van der Waals surface area contributed by atoms with Crippen LogP contribution in [-0.2, 0) is 9.59 Å². The van der Waals surface area contributed by atoms with E-state index in [1.807, 2.05) is 12.1 Å². The van der Waals surface area contributed by atoms with E-state index in [4.69, 9.17) is 5.21 Å². The zero-order chi connectivity index (χ0) is 25.5. The van der Waals surface area contributed by atoms with Crippen molar-refractivity contribution in [2.45, 2.75) is 0 Å². The van der Waals surface area contributed by atoms with Crippen molar-refractivity contribution in [3.05, 3.63) is 95.4 Å². The molecule has 4 N–H and O–H groups in total. The molecule has 0 atom stereocenters. The van der Waals surface area contributed by atoms with Crippen LogP contribution >= 0.6 is 11.3 Å². The third kappa shape index (κ3) is 6.12. The minimum absolute atomic E-state index is 0.247. The van der Waals surface area contributed by atoms with Gasteiger partial charge in [0, 0.05) is 21.6 Å². The average Bonchev–Trinajstić information content (AvgIpc) is 3.32. The highest BCUT2D eigenvalue weighted by Gasteiger charge is 2.23. The number of rotatable bonds is 8. The topological polar surface area (TPSA) is 128 Å². The molecule has 0 aliphatic heterocycles. The number of para-hydroxylation sites is 2. The molecule has 0 unspecified atom stereocenters. The van der Waals surface area contributed by atoms with Crippen molar-refractivity contribution in [2.24, 2.45) is 0 Å². The minimum atomic E-state index is -0.652. The SMILES string of the molecule is O=C(CN(CC(=O)Nc1ccccc1)C(=O)c1ccc2sc(C(=O)NO)cc2c1)Nc1ccccc1. The van der Waals surface area contributed by atoms with E-state index in [-0.39, 0.29) is 23.5 Å². The van der Waals surface area contributed by atoms with Crippen LogP contribution in [0, 0.1) is 0 Å². The third-order valence-corrected chi connectivity index (χ3v) is 6.27. The fraction of sp³-hybridized carbons (Fsp3) is 0.0769. The van der Waals surface area contributed by atoms with E-state index in [0.29, 0.717) is 16.8 Å². The maximum absolute atomic E-state index is 13.4. The number of benzene rings is 3. The molecule has 10 heteroatoms. The Morgan fingerprint density at radius 1 is 0.750 bits per heavy atom. The molecule has 36 heavy (non-hydrogen) atoms. The summed E-state index contributed by atoms with van der Waals surface area (Å²) in [5.74, 6) is -2.09. The van der Waals surface area contributed by atoms with Crippen LogP contribution in [0.25, 0.3) is 10.1 Å². The zero-order valence-corrected chi connectivity index (χ0v) is 19.7. The molecule has 0 saturated heterocycles. The van der Waals surface area contributed by atoms with Crippen molar-refractivity contribution < 1.29 is 24.4 Å². The molecule has 9 nitrogen and oxygen atoms in total. The molecule has 4 aromatic rings. The zero-order valence-electron chi connectivity index (χ0n) is 18.9. The number of thiophene rings is 1. The van der Waals surface area contributed by atoms with Crippen LogP contribution in [0.2, 0.25) is 0 Å². The highest BCUT2D eigenvalue weighted by molar-refractivity contribution is 7.20. The summed E-state index contributed by atoms with van der Waals surface area (Å²) in [7, 11) is 0. The molecular weight excluding hydrogens is 480 g/mol. The van der Waals surface area contributed by atoms with Gasteiger partial charge in [-0.15, -0.1) is 11.3 Å². The van der Waals surface area contributed by atoms with Gasteiger partial charge < -0.3 is 15.5 Å². The number of nitrogens with zero attached hydrogens (tertiary/aromatic N) is 1. The molecular formula is C26H22N4O5S. The molecule has 4 rings (SSSR count). The van der Waals surface area contributed by atoms with Crippen molar-refractivity contribution in [1.82, 2.24) is 10.4 Å². The van der Waals surface area contributed by atoms with Gasteiger partial charge in [0.15, 0.2) is 0 Å². The van der Waals surface area contributed by atoms with Gasteiger partial charge >= 0.3 is 0 Å². The first-order chi connectivity index (χ1) is 17.4. The third-order valence-electron chi connectivity index (χ3n) is 5.16. The summed E-state index contributed by atoms with van der Waals surface area (Å²) in [5.41, 5.74) is 2.97. The molecule has 0 aliphatic carbocycles. The van der Waals surface area contributed by atoms with Crippen LogP contribution in [0.5, 0.6) is 0 Å². The fourth-order valence-electron chi connectivity index (χ4n) is 3.52. The van der Waals surface area contributed by atoms with Crippen LogP contribution in [0.15, 0.2) is 84.9 Å². The summed E-state index contributed by atoms with van der Waals surface area (Å²) >= 11 is 1.16. The fourth-order valence-corrected chi connectivity index (χ4v) is 4.45. The molecule has 0 spiro atoms. The van der Waals surface area contributed by atoms with E-state index in [1.165, 1.54) is 0 Å². The van der Waals surface area contributed by atoms with Gasteiger partial charge in [0.2, 0.25) is 11.8 Å². The Balaban J connectivity index is 1.56. The molecule has 0 radical (unpaired) electrons. The van der Waals surface area contributed by atoms with Gasteiger partial charge in [0.25, 0.3) is 11.8 Å². The Bertz CT molecular complexity index is 1350. The normalized spacial score (nSPS) is 10.5. The molecule has 1 heterocycles. The van der Waals surface area contributed by atoms with Crippen molar-refractivity contribution in [3.8, 4) is 0 Å². The van der Waals surface area contributed by atoms with Crippen LogP contribution in [0.4, 0.5) is 11.4 Å². The molecule has 4 amide bonds. The lowest BCUT2D eigenvalue weighted by molar-refractivity contribution is -0.119. The monoisotopic (exact) mass is 502 g/mol. The molecule has 182 valence electrons. The Morgan fingerprint density at radius 2 is 1.31 bits per heavy atom. The molecule has 3 aromatic carbocycles. The molecule has 0 saturated carbocycles. The Hall–Kier alpha value is -4.54. The predicted molar refractivity (Wildman–Crippen MR) is 137 cm³/mol. The molecule has 0 aliphatic rings. The second-order valence-corrected chi connectivity index (χ2v) is 8.88. The summed E-state index contributed by atoms with van der Waals surface area (Å²) in [6, 6.07) is 24.0. The maximum Gasteiger partial charge on any atom is 0.284 e. The first-order valence-corrected chi connectivity index (χ1v) is 11.7. The predicted octanol–water partition coefficient (Wildman–Crippen LogP) is 3.74. The number of anilines is 2. The van der Waals surface area contributed by atoms with Crippen molar-refractivity contribution >= 4 is 56.4 Å². The summed E-state index contributed by atoms with van der Waals surface area (Å²) < 4.78 is 0.736. The lowest BCUT2D eigenvalue weighted by Gasteiger charge is -2.22. The highest BCUT2D eigenvalue weighted by Crippen LogP contribution is 2.27. The lowest BCUT2D eigenvalue weighted by Crippen LogP contribution is -2.42.